The van der Waals surface area contributed by atoms with Crippen LogP contribution in [0.1, 0.15) is 22.9 Å². The van der Waals surface area contributed by atoms with Crippen molar-refractivity contribution in [2.45, 2.75) is 18.5 Å². The van der Waals surface area contributed by atoms with Crippen molar-refractivity contribution in [3.8, 4) is 11.5 Å². The molecule has 0 spiro atoms. The summed E-state index contributed by atoms with van der Waals surface area (Å²) in [5, 5.41) is 13.0. The number of rotatable bonds is 8. The van der Waals surface area contributed by atoms with Crippen molar-refractivity contribution in [2.75, 3.05) is 19.7 Å². The van der Waals surface area contributed by atoms with E-state index in [0.29, 0.717) is 17.9 Å². The molecule has 0 aliphatic rings. The maximum Gasteiger partial charge on any atom is 0.433 e. The van der Waals surface area contributed by atoms with E-state index in [1.54, 1.807) is 0 Å². The number of para-hydroxylation sites is 1. The molecule has 2 aromatic carbocycles. The summed E-state index contributed by atoms with van der Waals surface area (Å²) >= 11 is 0. The molecule has 0 aliphatic heterocycles. The summed E-state index contributed by atoms with van der Waals surface area (Å²) < 4.78 is 97.1. The molecule has 1 aromatic heterocycles. The molecule has 3 rings (SSSR count). The first-order valence-electron chi connectivity index (χ1n) is 9.49. The molecular weight excluding hydrogens is 461 g/mol. The van der Waals surface area contributed by atoms with E-state index in [2.05, 4.69) is 15.2 Å². The number of pyridine rings is 1. The number of hydrogen-bond donors (Lipinski definition) is 2. The van der Waals surface area contributed by atoms with Gasteiger partial charge in [-0.3, -0.25) is 4.94 Å². The van der Waals surface area contributed by atoms with Crippen molar-refractivity contribution in [1.29, 1.82) is 0 Å². The number of hydrogen-bond acceptors (Lipinski definition) is 5. The molecule has 2 N–H and O–H groups in total. The Morgan fingerprint density at radius 2 is 1.61 bits per heavy atom. The number of alkyl halides is 6. The van der Waals surface area contributed by atoms with Crippen LogP contribution in [-0.2, 0) is 12.4 Å². The molecule has 0 amide bonds. The van der Waals surface area contributed by atoms with Crippen LogP contribution in [-0.4, -0.2) is 29.8 Å². The number of aliphatic hydroxyl groups is 1. The van der Waals surface area contributed by atoms with E-state index in [4.69, 9.17) is 4.74 Å². The second kappa shape index (κ2) is 9.79. The Morgan fingerprint density at radius 1 is 0.939 bits per heavy atom. The van der Waals surface area contributed by atoms with Crippen molar-refractivity contribution in [3.63, 3.8) is 0 Å². The fourth-order valence-electron chi connectivity index (χ4n) is 3.10. The topological polar surface area (TPSA) is 63.6 Å². The molecule has 0 aliphatic carbocycles. The van der Waals surface area contributed by atoms with Gasteiger partial charge >= 0.3 is 12.4 Å². The fraction of sp³-hybridized carbons (Fsp3) is 0.286. The summed E-state index contributed by atoms with van der Waals surface area (Å²) in [6.07, 6.45) is -11.5. The quantitative estimate of drug-likeness (QED) is 0.343. The van der Waals surface area contributed by atoms with Crippen molar-refractivity contribution in [3.05, 3.63) is 65.4 Å². The molecule has 0 radical (unpaired) electrons. The van der Waals surface area contributed by atoms with Crippen LogP contribution in [0.25, 0.3) is 10.9 Å². The summed E-state index contributed by atoms with van der Waals surface area (Å²) in [5.41, 5.74) is -4.10. The van der Waals surface area contributed by atoms with Crippen LogP contribution in [0.15, 0.2) is 48.5 Å². The van der Waals surface area contributed by atoms with Gasteiger partial charge in [-0.05, 0) is 42.0 Å². The molecule has 0 bridgehead atoms. The zero-order valence-corrected chi connectivity index (χ0v) is 16.7. The second-order valence-electron chi connectivity index (χ2n) is 6.91. The van der Waals surface area contributed by atoms with Gasteiger partial charge in [-0.25, -0.2) is 4.98 Å². The summed E-state index contributed by atoms with van der Waals surface area (Å²) in [4.78, 5) is 6.72. The number of ether oxygens (including phenoxy) is 1. The molecule has 0 fully saturated rings. The first-order chi connectivity index (χ1) is 15.5. The van der Waals surface area contributed by atoms with Gasteiger partial charge in [-0.1, -0.05) is 12.1 Å². The highest BCUT2D eigenvalue weighted by Gasteiger charge is 2.37. The van der Waals surface area contributed by atoms with Gasteiger partial charge in [0.05, 0.1) is 17.2 Å². The lowest BCUT2D eigenvalue weighted by molar-refractivity contribution is -0.142. The van der Waals surface area contributed by atoms with E-state index in [0.717, 1.165) is 6.07 Å². The minimum Gasteiger partial charge on any atom is -0.492 e. The van der Waals surface area contributed by atoms with Gasteiger partial charge in [0.2, 0.25) is 0 Å². The normalized spacial score (nSPS) is 13.2. The third kappa shape index (κ3) is 6.02. The number of fused-ring (bicyclic) bond motifs is 1. The van der Waals surface area contributed by atoms with E-state index in [9.17, 15) is 36.0 Å². The van der Waals surface area contributed by atoms with E-state index < -0.39 is 35.2 Å². The number of halogens is 7. The first-order valence-corrected chi connectivity index (χ1v) is 9.49. The molecule has 1 unspecified atom stereocenters. The molecule has 1 heterocycles. The van der Waals surface area contributed by atoms with Gasteiger partial charge in [-0.15, -0.1) is 0 Å². The molecule has 12 heteroatoms. The van der Waals surface area contributed by atoms with Gasteiger partial charge in [0, 0.05) is 23.0 Å². The lowest BCUT2D eigenvalue weighted by Crippen LogP contribution is -2.26. The van der Waals surface area contributed by atoms with Crippen LogP contribution in [0.2, 0.25) is 0 Å². The lowest BCUT2D eigenvalue weighted by Gasteiger charge is -2.19. The fourth-order valence-corrected chi connectivity index (χ4v) is 3.10. The minimum atomic E-state index is -5.01. The smallest absolute Gasteiger partial charge is 0.433 e. The molecule has 0 saturated carbocycles. The molecule has 5 nitrogen and oxygen atoms in total. The Kier molecular flexibility index (Phi) is 7.28. The highest BCUT2D eigenvalue weighted by Crippen LogP contribution is 2.38. The van der Waals surface area contributed by atoms with E-state index in [1.807, 2.05) is 0 Å². The summed E-state index contributed by atoms with van der Waals surface area (Å²) in [6, 6.07) is 8.94. The molecule has 178 valence electrons. The van der Waals surface area contributed by atoms with Gasteiger partial charge in [-0.2, -0.15) is 26.3 Å². The molecule has 1 atom stereocenters. The van der Waals surface area contributed by atoms with Crippen molar-refractivity contribution in [2.24, 2.45) is 0 Å². The highest BCUT2D eigenvalue weighted by molar-refractivity contribution is 5.86. The SMILES string of the molecule is OC(CNCCOc1ccc(OF)cc1)c1cc(C(F)(F)F)nc2c(C(F)(F)F)cccc12. The van der Waals surface area contributed by atoms with E-state index in [1.165, 1.54) is 30.3 Å². The number of benzene rings is 2. The third-order valence-corrected chi connectivity index (χ3v) is 4.62. The summed E-state index contributed by atoms with van der Waals surface area (Å²) in [6.45, 7) is -0.0162. The Morgan fingerprint density at radius 3 is 2.21 bits per heavy atom. The summed E-state index contributed by atoms with van der Waals surface area (Å²) in [7, 11) is 0. The largest absolute Gasteiger partial charge is 0.492 e. The summed E-state index contributed by atoms with van der Waals surface area (Å²) in [5.74, 6) is 0.382. The Labute approximate surface area is 182 Å². The average molecular weight is 478 g/mol. The standard InChI is InChI=1S/C21H17F7N2O3/c22-20(23,24)16-3-1-2-14-15(10-18(21(25,26)27)30-19(14)16)17(31)11-29-8-9-32-12-4-6-13(33-28)7-5-12/h1-7,10,17,29,31H,8-9,11H2. The number of nitrogens with one attached hydrogen (secondary N) is 1. The van der Waals surface area contributed by atoms with Crippen molar-refractivity contribution >= 4 is 10.9 Å². The Bertz CT molecular complexity index is 1090. The Hall–Kier alpha value is -3.12. The van der Waals surface area contributed by atoms with Gasteiger partial charge in [0.1, 0.15) is 18.1 Å². The minimum absolute atomic E-state index is 0.0138. The van der Waals surface area contributed by atoms with Crippen LogP contribution in [0.4, 0.5) is 30.9 Å². The average Bonchev–Trinajstić information content (AvgIpc) is 2.76. The highest BCUT2D eigenvalue weighted by atomic mass is 19.4. The van der Waals surface area contributed by atoms with Crippen molar-refractivity contribution in [1.82, 2.24) is 10.3 Å². The predicted molar refractivity (Wildman–Crippen MR) is 103 cm³/mol. The van der Waals surface area contributed by atoms with Crippen LogP contribution >= 0.6 is 0 Å². The molecular formula is C21H17F7N2O3. The second-order valence-corrected chi connectivity index (χ2v) is 6.91. The third-order valence-electron chi connectivity index (χ3n) is 4.62. The Balaban J connectivity index is 1.74. The number of aromatic nitrogens is 1. The van der Waals surface area contributed by atoms with Gasteiger partial charge < -0.3 is 15.2 Å². The van der Waals surface area contributed by atoms with Crippen LogP contribution < -0.4 is 15.0 Å². The first kappa shape index (κ1) is 24.5. The lowest BCUT2D eigenvalue weighted by atomic mass is 9.99. The van der Waals surface area contributed by atoms with E-state index >= 15 is 0 Å². The van der Waals surface area contributed by atoms with Crippen LogP contribution in [0, 0.1) is 0 Å². The predicted octanol–water partition coefficient (Wildman–Crippen LogP) is 5.24. The zero-order valence-electron chi connectivity index (χ0n) is 16.7. The zero-order chi connectivity index (χ0) is 24.2. The monoisotopic (exact) mass is 478 g/mol. The molecule has 3 aromatic rings. The van der Waals surface area contributed by atoms with Gasteiger partial charge in [0.15, 0.2) is 5.75 Å². The maximum absolute atomic E-state index is 13.3. The number of nitrogens with zero attached hydrogens (tertiary/aromatic N) is 1. The maximum atomic E-state index is 13.3. The van der Waals surface area contributed by atoms with Crippen LogP contribution in [0.5, 0.6) is 11.5 Å². The molecule has 33 heavy (non-hydrogen) atoms. The van der Waals surface area contributed by atoms with Crippen LogP contribution in [0.3, 0.4) is 0 Å². The van der Waals surface area contributed by atoms with Crippen molar-refractivity contribution < 1.29 is 45.7 Å². The molecule has 0 saturated heterocycles. The number of aliphatic hydroxyl groups excluding tert-OH is 1. The van der Waals surface area contributed by atoms with Gasteiger partial charge in [0.25, 0.3) is 0 Å². The van der Waals surface area contributed by atoms with E-state index in [-0.39, 0.29) is 36.4 Å².